The highest BCUT2D eigenvalue weighted by atomic mass is 16.7. The van der Waals surface area contributed by atoms with Gasteiger partial charge in [-0.05, 0) is 0 Å². The van der Waals surface area contributed by atoms with Gasteiger partial charge in [0.2, 0.25) is 0 Å². The van der Waals surface area contributed by atoms with Gasteiger partial charge in [0.15, 0.2) is 6.29 Å². The van der Waals surface area contributed by atoms with Gasteiger partial charge in [-0.3, -0.25) is 4.90 Å². The SMILES string of the molecule is OCC1O[C@@H](OCCN2CCOCC2)C(O)C(O)[C@@H]1O. The second-order valence-corrected chi connectivity index (χ2v) is 5.02. The van der Waals surface area contributed by atoms with Crippen LogP contribution in [0.4, 0.5) is 0 Å². The number of rotatable bonds is 5. The summed E-state index contributed by atoms with van der Waals surface area (Å²) in [6.07, 6.45) is -6.06. The average molecular weight is 293 g/mol. The van der Waals surface area contributed by atoms with Crippen molar-refractivity contribution in [2.45, 2.75) is 30.7 Å². The van der Waals surface area contributed by atoms with Crippen LogP contribution in [0.1, 0.15) is 0 Å². The first-order valence-corrected chi connectivity index (χ1v) is 6.85. The number of morpholine rings is 1. The third kappa shape index (κ3) is 3.86. The Kier molecular flexibility index (Phi) is 6.12. The van der Waals surface area contributed by atoms with Gasteiger partial charge in [-0.15, -0.1) is 0 Å². The van der Waals surface area contributed by atoms with Crippen LogP contribution in [0.25, 0.3) is 0 Å². The van der Waals surface area contributed by atoms with Crippen LogP contribution in [0.5, 0.6) is 0 Å². The largest absolute Gasteiger partial charge is 0.394 e. The molecule has 2 aliphatic heterocycles. The quantitative estimate of drug-likeness (QED) is 0.428. The maximum atomic E-state index is 9.78. The Morgan fingerprint density at radius 3 is 2.40 bits per heavy atom. The molecule has 20 heavy (non-hydrogen) atoms. The fourth-order valence-electron chi connectivity index (χ4n) is 2.33. The predicted molar refractivity (Wildman–Crippen MR) is 67.0 cm³/mol. The van der Waals surface area contributed by atoms with E-state index in [-0.39, 0.29) is 0 Å². The molecule has 2 heterocycles. The summed E-state index contributed by atoms with van der Waals surface area (Å²) in [7, 11) is 0. The molecule has 0 aromatic rings. The summed E-state index contributed by atoms with van der Waals surface area (Å²) >= 11 is 0. The van der Waals surface area contributed by atoms with Crippen molar-refractivity contribution in [1.82, 2.24) is 4.90 Å². The van der Waals surface area contributed by atoms with Crippen molar-refractivity contribution in [2.24, 2.45) is 0 Å². The third-order valence-corrected chi connectivity index (χ3v) is 3.64. The third-order valence-electron chi connectivity index (χ3n) is 3.64. The van der Waals surface area contributed by atoms with E-state index < -0.39 is 37.3 Å². The molecule has 0 bridgehead atoms. The smallest absolute Gasteiger partial charge is 0.186 e. The zero-order valence-corrected chi connectivity index (χ0v) is 11.3. The Labute approximate surface area is 117 Å². The van der Waals surface area contributed by atoms with E-state index in [1.165, 1.54) is 0 Å². The topological polar surface area (TPSA) is 112 Å². The Bertz CT molecular complexity index is 285. The molecule has 0 aromatic heterocycles. The van der Waals surface area contributed by atoms with Gasteiger partial charge in [-0.25, -0.2) is 0 Å². The number of aliphatic hydroxyl groups is 4. The molecule has 0 amide bonds. The van der Waals surface area contributed by atoms with E-state index in [0.717, 1.165) is 13.1 Å². The summed E-state index contributed by atoms with van der Waals surface area (Å²) in [5.74, 6) is 0. The van der Waals surface area contributed by atoms with E-state index in [0.29, 0.717) is 26.4 Å². The molecule has 0 aromatic carbocycles. The van der Waals surface area contributed by atoms with Gasteiger partial charge in [-0.2, -0.15) is 0 Å². The molecule has 2 fully saturated rings. The molecule has 4 N–H and O–H groups in total. The van der Waals surface area contributed by atoms with Gasteiger partial charge in [0.05, 0.1) is 26.4 Å². The molecule has 0 saturated carbocycles. The molecular formula is C12H23NO7. The lowest BCUT2D eigenvalue weighted by atomic mass is 9.99. The molecule has 2 rings (SSSR count). The van der Waals surface area contributed by atoms with Crippen LogP contribution >= 0.6 is 0 Å². The summed E-state index contributed by atoms with van der Waals surface area (Å²) in [5, 5.41) is 38.1. The van der Waals surface area contributed by atoms with Crippen LogP contribution in [0.15, 0.2) is 0 Å². The molecule has 2 saturated heterocycles. The summed E-state index contributed by atoms with van der Waals surface area (Å²) in [4.78, 5) is 2.16. The second-order valence-electron chi connectivity index (χ2n) is 5.02. The van der Waals surface area contributed by atoms with Crippen molar-refractivity contribution >= 4 is 0 Å². The molecule has 3 unspecified atom stereocenters. The predicted octanol–water partition coefficient (Wildman–Crippen LogP) is -2.86. The Balaban J connectivity index is 1.76. The van der Waals surface area contributed by atoms with Crippen molar-refractivity contribution in [3.05, 3.63) is 0 Å². The highest BCUT2D eigenvalue weighted by Gasteiger charge is 2.43. The van der Waals surface area contributed by atoms with E-state index >= 15 is 0 Å². The molecule has 0 spiro atoms. The van der Waals surface area contributed by atoms with Gasteiger partial charge in [0.1, 0.15) is 24.4 Å². The summed E-state index contributed by atoms with van der Waals surface area (Å²) < 4.78 is 15.9. The minimum atomic E-state index is -1.39. The molecule has 0 aliphatic carbocycles. The van der Waals surface area contributed by atoms with Crippen molar-refractivity contribution < 1.29 is 34.6 Å². The number of nitrogens with zero attached hydrogens (tertiary/aromatic N) is 1. The molecule has 118 valence electrons. The number of ether oxygens (including phenoxy) is 3. The van der Waals surface area contributed by atoms with Crippen molar-refractivity contribution in [1.29, 1.82) is 0 Å². The Morgan fingerprint density at radius 1 is 1.05 bits per heavy atom. The lowest BCUT2D eigenvalue weighted by Gasteiger charge is -2.39. The van der Waals surface area contributed by atoms with Crippen LogP contribution in [0.2, 0.25) is 0 Å². The number of hydrogen-bond acceptors (Lipinski definition) is 8. The second kappa shape index (κ2) is 7.62. The first-order valence-electron chi connectivity index (χ1n) is 6.85. The van der Waals surface area contributed by atoms with E-state index in [4.69, 9.17) is 19.3 Å². The number of aliphatic hydroxyl groups excluding tert-OH is 4. The summed E-state index contributed by atoms with van der Waals surface area (Å²) in [6.45, 7) is 3.59. The van der Waals surface area contributed by atoms with Gasteiger partial charge in [-0.1, -0.05) is 0 Å². The van der Waals surface area contributed by atoms with Gasteiger partial charge < -0.3 is 34.6 Å². The monoisotopic (exact) mass is 293 g/mol. The maximum absolute atomic E-state index is 9.78. The van der Waals surface area contributed by atoms with Gasteiger partial charge in [0.25, 0.3) is 0 Å². The van der Waals surface area contributed by atoms with Crippen molar-refractivity contribution in [3.63, 3.8) is 0 Å². The molecule has 8 heteroatoms. The van der Waals surface area contributed by atoms with E-state index in [2.05, 4.69) is 4.90 Å². The fourth-order valence-corrected chi connectivity index (χ4v) is 2.33. The van der Waals surface area contributed by atoms with Crippen LogP contribution < -0.4 is 0 Å². The standard InChI is InChI=1S/C12H23NO7/c14-7-8-9(15)10(16)11(17)12(20-8)19-6-3-13-1-4-18-5-2-13/h8-12,14-17H,1-7H2/t8?,9-,10?,11?,12-/m1/s1. The number of hydrogen-bond donors (Lipinski definition) is 4. The van der Waals surface area contributed by atoms with E-state index in [1.807, 2.05) is 0 Å². The van der Waals surface area contributed by atoms with E-state index in [9.17, 15) is 15.3 Å². The average Bonchev–Trinajstić information content (AvgIpc) is 2.48. The maximum Gasteiger partial charge on any atom is 0.186 e. The van der Waals surface area contributed by atoms with Crippen molar-refractivity contribution in [2.75, 3.05) is 46.1 Å². The van der Waals surface area contributed by atoms with Crippen LogP contribution in [-0.4, -0.2) is 102 Å². The van der Waals surface area contributed by atoms with Crippen LogP contribution in [0.3, 0.4) is 0 Å². The molecule has 5 atom stereocenters. The van der Waals surface area contributed by atoms with E-state index in [1.54, 1.807) is 0 Å². The van der Waals surface area contributed by atoms with Gasteiger partial charge in [0, 0.05) is 19.6 Å². The molecule has 2 aliphatic rings. The Morgan fingerprint density at radius 2 is 1.75 bits per heavy atom. The molecule has 8 nitrogen and oxygen atoms in total. The van der Waals surface area contributed by atoms with Crippen LogP contribution in [-0.2, 0) is 14.2 Å². The minimum Gasteiger partial charge on any atom is -0.394 e. The zero-order chi connectivity index (χ0) is 14.5. The van der Waals surface area contributed by atoms with Crippen LogP contribution in [0, 0.1) is 0 Å². The highest BCUT2D eigenvalue weighted by Crippen LogP contribution is 2.21. The minimum absolute atomic E-state index is 0.322. The summed E-state index contributed by atoms with van der Waals surface area (Å²) in [5.41, 5.74) is 0. The lowest BCUT2D eigenvalue weighted by molar-refractivity contribution is -0.301. The van der Waals surface area contributed by atoms with Gasteiger partial charge >= 0.3 is 0 Å². The fraction of sp³-hybridized carbons (Fsp3) is 1.00. The normalized spacial score (nSPS) is 39.9. The highest BCUT2D eigenvalue weighted by molar-refractivity contribution is 4.88. The molecule has 0 radical (unpaired) electrons. The first kappa shape index (κ1) is 16.1. The molecular weight excluding hydrogens is 270 g/mol. The Hall–Kier alpha value is -0.320. The zero-order valence-electron chi connectivity index (χ0n) is 11.3. The summed E-state index contributed by atoms with van der Waals surface area (Å²) in [6, 6.07) is 0. The van der Waals surface area contributed by atoms with Crippen molar-refractivity contribution in [3.8, 4) is 0 Å². The first-order chi connectivity index (χ1) is 9.63. The lowest BCUT2D eigenvalue weighted by Crippen LogP contribution is -2.59.